The lowest BCUT2D eigenvalue weighted by Crippen LogP contribution is -2.36. The van der Waals surface area contributed by atoms with Gasteiger partial charge in [0.1, 0.15) is 0 Å². The third-order valence-electron chi connectivity index (χ3n) is 3.89. The highest BCUT2D eigenvalue weighted by atomic mass is 16.5. The third kappa shape index (κ3) is 5.29. The normalized spacial score (nSPS) is 19.3. The van der Waals surface area contributed by atoms with Gasteiger partial charge in [0.05, 0.1) is 13.2 Å². The summed E-state index contributed by atoms with van der Waals surface area (Å²) in [6.07, 6.45) is 4.18. The van der Waals surface area contributed by atoms with Crippen LogP contribution >= 0.6 is 0 Å². The average Bonchev–Trinajstić information content (AvgIpc) is 2.43. The summed E-state index contributed by atoms with van der Waals surface area (Å²) in [6.45, 7) is 12.6. The molecule has 1 fully saturated rings. The van der Waals surface area contributed by atoms with E-state index < -0.39 is 0 Å². The summed E-state index contributed by atoms with van der Waals surface area (Å²) < 4.78 is 5.35. The highest BCUT2D eigenvalue weighted by molar-refractivity contribution is 5.94. The molecule has 0 radical (unpaired) electrons. The number of hydrogen-bond donors (Lipinski definition) is 0. The number of Topliss-reactive ketones (excluding diaryl/α,β-unsaturated/α-hetero) is 1. The summed E-state index contributed by atoms with van der Waals surface area (Å²) in [7, 11) is 0. The molecule has 0 saturated carbocycles. The van der Waals surface area contributed by atoms with Gasteiger partial charge in [0.25, 0.3) is 0 Å². The van der Waals surface area contributed by atoms with E-state index >= 15 is 0 Å². The summed E-state index contributed by atoms with van der Waals surface area (Å²) in [4.78, 5) is 14.0. The molecule has 19 heavy (non-hydrogen) atoms. The smallest absolute Gasteiger partial charge is 0.155 e. The Kier molecular flexibility index (Phi) is 7.03. The Labute approximate surface area is 117 Å². The number of ketones is 1. The van der Waals surface area contributed by atoms with Gasteiger partial charge in [-0.1, -0.05) is 11.6 Å². The van der Waals surface area contributed by atoms with Gasteiger partial charge in [-0.2, -0.15) is 0 Å². The Balaban J connectivity index is 2.54. The van der Waals surface area contributed by atoms with Crippen molar-refractivity contribution in [3.8, 4) is 0 Å². The molecule has 1 aliphatic rings. The number of hydrogen-bond acceptors (Lipinski definition) is 3. The van der Waals surface area contributed by atoms with Crippen molar-refractivity contribution in [2.75, 3.05) is 32.8 Å². The number of carbonyl (C=O) groups is 1. The van der Waals surface area contributed by atoms with Crippen LogP contribution in [0.1, 0.15) is 40.5 Å². The van der Waals surface area contributed by atoms with Crippen molar-refractivity contribution in [1.82, 2.24) is 4.90 Å². The maximum atomic E-state index is 11.6. The van der Waals surface area contributed by atoms with Gasteiger partial charge in [0.2, 0.25) is 0 Å². The molecule has 1 heterocycles. The predicted octanol–water partition coefficient (Wildman–Crippen LogP) is 2.97. The second-order valence-electron chi connectivity index (χ2n) is 5.19. The molecule has 0 aromatic rings. The zero-order chi connectivity index (χ0) is 14.3. The zero-order valence-corrected chi connectivity index (χ0v) is 12.8. The molecule has 0 bridgehead atoms. The average molecular weight is 265 g/mol. The van der Waals surface area contributed by atoms with Gasteiger partial charge in [-0.15, -0.1) is 0 Å². The molecule has 108 valence electrons. The SMILES string of the molecule is C/C=C(C)\C(CCCN1CCOCC1)=C(/C)C(C)=O. The van der Waals surface area contributed by atoms with Crippen LogP contribution < -0.4 is 0 Å². The van der Waals surface area contributed by atoms with Crippen LogP contribution in [0.5, 0.6) is 0 Å². The van der Waals surface area contributed by atoms with Crippen LogP contribution in [0.4, 0.5) is 0 Å². The Morgan fingerprint density at radius 1 is 1.21 bits per heavy atom. The molecular weight excluding hydrogens is 238 g/mol. The fraction of sp³-hybridized carbons (Fsp3) is 0.688. The number of rotatable bonds is 6. The molecule has 0 N–H and O–H groups in total. The first-order valence-electron chi connectivity index (χ1n) is 7.20. The number of morpholine rings is 1. The lowest BCUT2D eigenvalue weighted by Gasteiger charge is -2.26. The van der Waals surface area contributed by atoms with E-state index in [1.165, 1.54) is 11.1 Å². The van der Waals surface area contributed by atoms with Crippen LogP contribution in [0.2, 0.25) is 0 Å². The van der Waals surface area contributed by atoms with Crippen molar-refractivity contribution in [2.45, 2.75) is 40.5 Å². The summed E-state index contributed by atoms with van der Waals surface area (Å²) in [5, 5.41) is 0. The minimum absolute atomic E-state index is 0.183. The van der Waals surface area contributed by atoms with Crippen LogP contribution in [0.3, 0.4) is 0 Å². The Bertz CT molecular complexity index is 363. The van der Waals surface area contributed by atoms with Crippen molar-refractivity contribution in [2.24, 2.45) is 0 Å². The van der Waals surface area contributed by atoms with Crippen molar-refractivity contribution >= 4 is 5.78 Å². The Morgan fingerprint density at radius 2 is 1.84 bits per heavy atom. The van der Waals surface area contributed by atoms with Gasteiger partial charge < -0.3 is 4.74 Å². The molecule has 0 unspecified atom stereocenters. The van der Waals surface area contributed by atoms with Crippen LogP contribution in [0.25, 0.3) is 0 Å². The van der Waals surface area contributed by atoms with Crippen molar-refractivity contribution in [3.63, 3.8) is 0 Å². The van der Waals surface area contributed by atoms with E-state index in [2.05, 4.69) is 17.9 Å². The fourth-order valence-corrected chi connectivity index (χ4v) is 2.37. The van der Waals surface area contributed by atoms with Crippen LogP contribution in [0, 0.1) is 0 Å². The predicted molar refractivity (Wildman–Crippen MR) is 79.3 cm³/mol. The topological polar surface area (TPSA) is 29.5 Å². The summed E-state index contributed by atoms with van der Waals surface area (Å²) in [6, 6.07) is 0. The van der Waals surface area contributed by atoms with Crippen molar-refractivity contribution in [1.29, 1.82) is 0 Å². The summed E-state index contributed by atoms with van der Waals surface area (Å²) in [5.41, 5.74) is 3.37. The Hall–Kier alpha value is -0.930. The van der Waals surface area contributed by atoms with Gasteiger partial charge in [-0.05, 0) is 58.2 Å². The van der Waals surface area contributed by atoms with Crippen molar-refractivity contribution < 1.29 is 9.53 Å². The Morgan fingerprint density at radius 3 is 2.37 bits per heavy atom. The minimum Gasteiger partial charge on any atom is -0.379 e. The number of nitrogens with zero attached hydrogens (tertiary/aromatic N) is 1. The van der Waals surface area contributed by atoms with E-state index in [1.54, 1.807) is 6.92 Å². The zero-order valence-electron chi connectivity index (χ0n) is 12.8. The second kappa shape index (κ2) is 8.28. The number of allylic oxidation sites excluding steroid dienone is 4. The number of carbonyl (C=O) groups excluding carboxylic acids is 1. The van der Waals surface area contributed by atoms with E-state index in [0.29, 0.717) is 0 Å². The molecule has 3 heteroatoms. The molecule has 0 aromatic carbocycles. The standard InChI is InChI=1S/C16H27NO2/c1-5-13(2)16(14(3)15(4)18)7-6-8-17-9-11-19-12-10-17/h5H,6-12H2,1-4H3/b13-5-,16-14+. The van der Waals surface area contributed by atoms with E-state index in [-0.39, 0.29) is 5.78 Å². The quantitative estimate of drug-likeness (QED) is 0.546. The molecule has 3 nitrogen and oxygen atoms in total. The molecule has 0 aromatic heterocycles. The van der Waals surface area contributed by atoms with Gasteiger partial charge in [-0.25, -0.2) is 0 Å². The van der Waals surface area contributed by atoms with Gasteiger partial charge >= 0.3 is 0 Å². The molecule has 1 rings (SSSR count). The molecule has 1 saturated heterocycles. The van der Waals surface area contributed by atoms with E-state index in [0.717, 1.165) is 51.3 Å². The molecule has 0 spiro atoms. The maximum absolute atomic E-state index is 11.6. The van der Waals surface area contributed by atoms with Crippen LogP contribution in [-0.4, -0.2) is 43.5 Å². The lowest BCUT2D eigenvalue weighted by atomic mass is 9.95. The molecular formula is C16H27NO2. The molecule has 0 atom stereocenters. The van der Waals surface area contributed by atoms with Gasteiger partial charge in [0, 0.05) is 13.1 Å². The number of ether oxygens (including phenoxy) is 1. The maximum Gasteiger partial charge on any atom is 0.155 e. The van der Waals surface area contributed by atoms with E-state index in [1.807, 2.05) is 13.8 Å². The molecule has 1 aliphatic heterocycles. The minimum atomic E-state index is 0.183. The highest BCUT2D eigenvalue weighted by Crippen LogP contribution is 2.21. The monoisotopic (exact) mass is 265 g/mol. The van der Waals surface area contributed by atoms with E-state index in [9.17, 15) is 4.79 Å². The first-order chi connectivity index (χ1) is 9.06. The van der Waals surface area contributed by atoms with Crippen molar-refractivity contribution in [3.05, 3.63) is 22.8 Å². The fourth-order valence-electron chi connectivity index (χ4n) is 2.37. The third-order valence-corrected chi connectivity index (χ3v) is 3.89. The first-order valence-corrected chi connectivity index (χ1v) is 7.20. The largest absolute Gasteiger partial charge is 0.379 e. The summed E-state index contributed by atoms with van der Waals surface area (Å²) >= 11 is 0. The van der Waals surface area contributed by atoms with Gasteiger partial charge in [-0.3, -0.25) is 9.69 Å². The first kappa shape index (κ1) is 16.1. The highest BCUT2D eigenvalue weighted by Gasteiger charge is 2.12. The second-order valence-corrected chi connectivity index (χ2v) is 5.19. The summed E-state index contributed by atoms with van der Waals surface area (Å²) in [5.74, 6) is 0.183. The van der Waals surface area contributed by atoms with Crippen LogP contribution in [-0.2, 0) is 9.53 Å². The molecule has 0 amide bonds. The van der Waals surface area contributed by atoms with E-state index in [4.69, 9.17) is 4.74 Å². The molecule has 0 aliphatic carbocycles. The van der Waals surface area contributed by atoms with Gasteiger partial charge in [0.15, 0.2) is 5.78 Å². The van der Waals surface area contributed by atoms with Crippen LogP contribution in [0.15, 0.2) is 22.8 Å². The lowest BCUT2D eigenvalue weighted by molar-refractivity contribution is -0.113.